The zero-order chi connectivity index (χ0) is 11.3. The predicted octanol–water partition coefficient (Wildman–Crippen LogP) is 3.32. The van der Waals surface area contributed by atoms with Gasteiger partial charge in [0.1, 0.15) is 5.83 Å². The van der Waals surface area contributed by atoms with E-state index in [1.165, 1.54) is 6.08 Å². The topological polar surface area (TPSA) is 46.5 Å². The van der Waals surface area contributed by atoms with Crippen LogP contribution in [0.25, 0.3) is 6.08 Å². The summed E-state index contributed by atoms with van der Waals surface area (Å²) in [5, 5.41) is 0.491. The van der Waals surface area contributed by atoms with Crippen LogP contribution >= 0.6 is 19.9 Å². The summed E-state index contributed by atoms with van der Waals surface area (Å²) in [4.78, 5) is 8.28. The minimum absolute atomic E-state index is 0.491. The van der Waals surface area contributed by atoms with Gasteiger partial charge >= 0.3 is 8.25 Å². The first-order valence-corrected chi connectivity index (χ1v) is 5.49. The van der Waals surface area contributed by atoms with E-state index in [1.807, 2.05) is 0 Å². The fourth-order valence-electron chi connectivity index (χ4n) is 0.936. The molecule has 0 radical (unpaired) electrons. The highest BCUT2D eigenvalue weighted by Crippen LogP contribution is 2.19. The molecule has 0 heterocycles. The van der Waals surface area contributed by atoms with E-state index in [9.17, 15) is 8.96 Å². The van der Waals surface area contributed by atoms with Crippen LogP contribution in [0.1, 0.15) is 5.56 Å². The Morgan fingerprint density at radius 2 is 2.40 bits per heavy atom. The molecule has 0 aliphatic heterocycles. The van der Waals surface area contributed by atoms with Crippen molar-refractivity contribution in [3.63, 3.8) is 0 Å². The average Bonchev–Trinajstić information content (AvgIpc) is 2.15. The van der Waals surface area contributed by atoms with Crippen LogP contribution in [0.5, 0.6) is 0 Å². The van der Waals surface area contributed by atoms with Crippen molar-refractivity contribution in [3.8, 4) is 0 Å². The van der Waals surface area contributed by atoms with Crippen LogP contribution in [-0.4, -0.2) is 11.5 Å². The first-order valence-electron chi connectivity index (χ1n) is 3.98. The van der Waals surface area contributed by atoms with E-state index in [1.54, 1.807) is 24.3 Å². The molecule has 1 N–H and O–H groups in total. The molecule has 1 atom stereocenters. The highest BCUT2D eigenvalue weighted by Gasteiger charge is 2.13. The molecule has 0 spiro atoms. The summed E-state index contributed by atoms with van der Waals surface area (Å²) >= 11 is 5.69. The van der Waals surface area contributed by atoms with Crippen molar-refractivity contribution in [1.82, 2.24) is 0 Å². The van der Waals surface area contributed by atoms with Gasteiger partial charge < -0.3 is 0 Å². The third-order valence-corrected chi connectivity index (χ3v) is 2.07. The van der Waals surface area contributed by atoms with Crippen LogP contribution in [0.4, 0.5) is 4.39 Å². The lowest BCUT2D eigenvalue weighted by Gasteiger charge is -1.94. The van der Waals surface area contributed by atoms with Crippen molar-refractivity contribution in [2.24, 2.45) is 0 Å². The van der Waals surface area contributed by atoms with Crippen molar-refractivity contribution in [2.75, 3.05) is 6.61 Å². The molecule has 0 fully saturated rings. The Kier molecular flexibility index (Phi) is 4.85. The summed E-state index contributed by atoms with van der Waals surface area (Å²) < 4.78 is 27.3. The molecule has 0 bridgehead atoms. The minimum Gasteiger partial charge on any atom is -0.209 e. The van der Waals surface area contributed by atoms with E-state index in [-0.39, 0.29) is 0 Å². The molecule has 1 aromatic rings. The van der Waals surface area contributed by atoms with Gasteiger partial charge in [0.2, 0.25) is 0 Å². The Hall–Kier alpha value is -0.800. The van der Waals surface area contributed by atoms with Gasteiger partial charge in [-0.3, -0.25) is 0 Å². The van der Waals surface area contributed by atoms with Gasteiger partial charge in [-0.25, -0.2) is 4.39 Å². The lowest BCUT2D eigenvalue weighted by molar-refractivity contribution is 0.286. The predicted molar refractivity (Wildman–Crippen MR) is 56.3 cm³/mol. The standard InChI is InChI=1S/C9H7ClFO3P/c10-8-3-1-2-7(4-8)5-9(11)6-14-15(12)13/h1-5H,6H2/p+1/b9-5-. The second kappa shape index (κ2) is 5.93. The zero-order valence-corrected chi connectivity index (χ0v) is 9.21. The van der Waals surface area contributed by atoms with Crippen LogP contribution in [0.2, 0.25) is 5.02 Å². The van der Waals surface area contributed by atoms with E-state index in [2.05, 4.69) is 4.52 Å². The highest BCUT2D eigenvalue weighted by molar-refractivity contribution is 7.32. The summed E-state index contributed by atoms with van der Waals surface area (Å²) in [6.07, 6.45) is 1.19. The van der Waals surface area contributed by atoms with Crippen molar-refractivity contribution in [2.45, 2.75) is 0 Å². The van der Waals surface area contributed by atoms with E-state index in [0.717, 1.165) is 0 Å². The maximum absolute atomic E-state index is 13.0. The number of hydrogen-bond donors (Lipinski definition) is 1. The van der Waals surface area contributed by atoms with Gasteiger partial charge in [0.25, 0.3) is 0 Å². The van der Waals surface area contributed by atoms with Gasteiger partial charge in [-0.1, -0.05) is 23.7 Å². The molecular weight excluding hydrogens is 242 g/mol. The fraction of sp³-hybridized carbons (Fsp3) is 0.111. The Labute approximate surface area is 92.1 Å². The molecule has 1 aromatic carbocycles. The Bertz CT molecular complexity index is 395. The largest absolute Gasteiger partial charge is 0.695 e. The lowest BCUT2D eigenvalue weighted by atomic mass is 10.2. The van der Waals surface area contributed by atoms with Gasteiger partial charge in [-0.2, -0.15) is 0 Å². The number of benzene rings is 1. The average molecular weight is 250 g/mol. The molecule has 6 heteroatoms. The van der Waals surface area contributed by atoms with E-state index >= 15 is 0 Å². The summed E-state index contributed by atoms with van der Waals surface area (Å²) in [5.74, 6) is -0.644. The zero-order valence-electron chi connectivity index (χ0n) is 7.56. The van der Waals surface area contributed by atoms with Crippen LogP contribution in [0.15, 0.2) is 30.1 Å². The van der Waals surface area contributed by atoms with Crippen LogP contribution in [0, 0.1) is 0 Å². The SMILES string of the molecule is O=[P+](O)OC/C(F)=C/c1cccc(Cl)c1. The number of rotatable bonds is 4. The molecule has 0 saturated heterocycles. The van der Waals surface area contributed by atoms with Gasteiger partial charge in [0, 0.05) is 9.59 Å². The molecule has 0 aliphatic carbocycles. The Morgan fingerprint density at radius 3 is 3.00 bits per heavy atom. The number of hydrogen-bond acceptors (Lipinski definition) is 2. The third-order valence-electron chi connectivity index (χ3n) is 1.48. The quantitative estimate of drug-likeness (QED) is 0.833. The molecule has 1 unspecified atom stereocenters. The maximum Gasteiger partial charge on any atom is 0.695 e. The minimum atomic E-state index is -2.77. The maximum atomic E-state index is 13.0. The smallest absolute Gasteiger partial charge is 0.209 e. The van der Waals surface area contributed by atoms with E-state index < -0.39 is 20.7 Å². The normalized spacial score (nSPS) is 12.7. The molecular formula is C9H8ClFO3P+. The van der Waals surface area contributed by atoms with E-state index in [0.29, 0.717) is 10.6 Å². The van der Waals surface area contributed by atoms with Crippen molar-refractivity contribution in [3.05, 3.63) is 40.7 Å². The van der Waals surface area contributed by atoms with Gasteiger partial charge in [0.15, 0.2) is 6.61 Å². The number of halogens is 2. The van der Waals surface area contributed by atoms with Crippen molar-refractivity contribution < 1.29 is 18.4 Å². The van der Waals surface area contributed by atoms with Crippen LogP contribution in [-0.2, 0) is 9.09 Å². The summed E-state index contributed by atoms with van der Waals surface area (Å²) in [5.41, 5.74) is 0.566. The molecule has 80 valence electrons. The third kappa shape index (κ3) is 5.00. The van der Waals surface area contributed by atoms with E-state index in [4.69, 9.17) is 16.5 Å². The fourth-order valence-corrected chi connectivity index (χ4v) is 1.37. The van der Waals surface area contributed by atoms with Gasteiger partial charge in [-0.05, 0) is 23.8 Å². The molecule has 0 aromatic heterocycles. The second-order valence-corrected chi connectivity index (χ2v) is 3.83. The monoisotopic (exact) mass is 249 g/mol. The van der Waals surface area contributed by atoms with Gasteiger partial charge in [0.05, 0.1) is 0 Å². The summed E-state index contributed by atoms with van der Waals surface area (Å²) in [6, 6.07) is 6.57. The first kappa shape index (κ1) is 12.3. The summed E-state index contributed by atoms with van der Waals surface area (Å²) in [6.45, 7) is -0.530. The van der Waals surface area contributed by atoms with Crippen LogP contribution < -0.4 is 0 Å². The van der Waals surface area contributed by atoms with Gasteiger partial charge in [-0.15, -0.1) is 9.42 Å². The van der Waals surface area contributed by atoms with Crippen molar-refractivity contribution >= 4 is 25.9 Å². The Morgan fingerprint density at radius 1 is 1.67 bits per heavy atom. The molecule has 0 saturated carbocycles. The molecule has 3 nitrogen and oxygen atoms in total. The second-order valence-electron chi connectivity index (χ2n) is 2.66. The molecule has 0 amide bonds. The first-order chi connectivity index (χ1) is 7.08. The lowest BCUT2D eigenvalue weighted by Crippen LogP contribution is -1.86. The Balaban J connectivity index is 2.65. The van der Waals surface area contributed by atoms with Crippen molar-refractivity contribution in [1.29, 1.82) is 0 Å². The van der Waals surface area contributed by atoms with Crippen LogP contribution in [0.3, 0.4) is 0 Å². The molecule has 1 rings (SSSR count). The molecule has 15 heavy (non-hydrogen) atoms. The molecule has 0 aliphatic rings. The highest BCUT2D eigenvalue weighted by atomic mass is 35.5. The summed E-state index contributed by atoms with van der Waals surface area (Å²) in [7, 11) is -2.77.